The van der Waals surface area contributed by atoms with Crippen molar-refractivity contribution in [1.29, 1.82) is 0 Å². The molecule has 0 aliphatic rings. The van der Waals surface area contributed by atoms with Crippen molar-refractivity contribution in [3.63, 3.8) is 0 Å². The first-order valence-electron chi connectivity index (χ1n) is 5.89. The summed E-state index contributed by atoms with van der Waals surface area (Å²) >= 11 is 5.63. The largest absolute Gasteiger partial charge is 0.496 e. The number of nitrogens with zero attached hydrogens (tertiary/aromatic N) is 4. The third-order valence-corrected chi connectivity index (χ3v) is 2.87. The van der Waals surface area contributed by atoms with Crippen molar-refractivity contribution in [2.75, 3.05) is 13.0 Å². The summed E-state index contributed by atoms with van der Waals surface area (Å²) in [7, 11) is 1.47. The second kappa shape index (κ2) is 6.33. The molecule has 0 atom stereocenters. The van der Waals surface area contributed by atoms with Crippen LogP contribution in [0.4, 0.5) is 5.69 Å². The Kier molecular flexibility index (Phi) is 4.52. The maximum Gasteiger partial charge on any atom is 0.273 e. The number of aryl methyl sites for hydroxylation is 1. The SMILES string of the molecule is COc1cc(Cn2cc(CCCl)nn2)cc([N+](=O)[O-])c1. The van der Waals surface area contributed by atoms with E-state index < -0.39 is 4.92 Å². The van der Waals surface area contributed by atoms with E-state index >= 15 is 0 Å². The maximum absolute atomic E-state index is 10.9. The van der Waals surface area contributed by atoms with E-state index in [1.165, 1.54) is 19.2 Å². The monoisotopic (exact) mass is 296 g/mol. The number of alkyl halides is 1. The van der Waals surface area contributed by atoms with Crippen LogP contribution in [0, 0.1) is 10.1 Å². The van der Waals surface area contributed by atoms with Crippen molar-refractivity contribution in [3.8, 4) is 5.75 Å². The lowest BCUT2D eigenvalue weighted by Gasteiger charge is -2.05. The molecule has 2 aromatic rings. The summed E-state index contributed by atoms with van der Waals surface area (Å²) in [5.74, 6) is 0.916. The van der Waals surface area contributed by atoms with E-state index in [9.17, 15) is 10.1 Å². The number of nitro benzene ring substituents is 1. The normalized spacial score (nSPS) is 10.5. The molecule has 0 bridgehead atoms. The Bertz CT molecular complexity index is 614. The first-order chi connectivity index (χ1) is 9.62. The summed E-state index contributed by atoms with van der Waals surface area (Å²) in [6.45, 7) is 0.382. The number of non-ortho nitro benzene ring substituents is 1. The molecule has 0 spiro atoms. The van der Waals surface area contributed by atoms with Crippen LogP contribution < -0.4 is 4.74 Å². The lowest BCUT2D eigenvalue weighted by Crippen LogP contribution is -2.02. The fourth-order valence-corrected chi connectivity index (χ4v) is 1.97. The highest BCUT2D eigenvalue weighted by molar-refractivity contribution is 6.17. The molecule has 1 aromatic carbocycles. The molecule has 0 radical (unpaired) electrons. The zero-order valence-corrected chi connectivity index (χ0v) is 11.6. The van der Waals surface area contributed by atoms with Crippen molar-refractivity contribution in [3.05, 3.63) is 45.8 Å². The van der Waals surface area contributed by atoms with E-state index in [0.717, 1.165) is 11.3 Å². The van der Waals surface area contributed by atoms with Crippen molar-refractivity contribution >= 4 is 17.3 Å². The van der Waals surface area contributed by atoms with Crippen LogP contribution in [-0.2, 0) is 13.0 Å². The van der Waals surface area contributed by atoms with Crippen LogP contribution in [0.5, 0.6) is 5.75 Å². The zero-order valence-electron chi connectivity index (χ0n) is 10.8. The number of rotatable bonds is 6. The minimum atomic E-state index is -0.452. The molecule has 7 nitrogen and oxygen atoms in total. The molecule has 0 saturated carbocycles. The number of aromatic nitrogens is 3. The quantitative estimate of drug-likeness (QED) is 0.462. The van der Waals surface area contributed by atoms with Gasteiger partial charge in [0.2, 0.25) is 0 Å². The lowest BCUT2D eigenvalue weighted by atomic mass is 10.2. The van der Waals surface area contributed by atoms with Gasteiger partial charge < -0.3 is 4.74 Å². The van der Waals surface area contributed by atoms with Crippen molar-refractivity contribution < 1.29 is 9.66 Å². The van der Waals surface area contributed by atoms with Gasteiger partial charge in [0.15, 0.2) is 0 Å². The van der Waals surface area contributed by atoms with E-state index in [1.807, 2.05) is 0 Å². The third kappa shape index (κ3) is 3.45. The summed E-state index contributed by atoms with van der Waals surface area (Å²) in [5, 5.41) is 18.8. The van der Waals surface area contributed by atoms with E-state index in [4.69, 9.17) is 16.3 Å². The van der Waals surface area contributed by atoms with Crippen molar-refractivity contribution in [1.82, 2.24) is 15.0 Å². The van der Waals surface area contributed by atoms with E-state index in [1.54, 1.807) is 16.9 Å². The molecule has 8 heteroatoms. The second-order valence-electron chi connectivity index (χ2n) is 4.14. The fraction of sp³-hybridized carbons (Fsp3) is 0.333. The number of nitro groups is 1. The molecule has 0 aliphatic carbocycles. The topological polar surface area (TPSA) is 83.1 Å². The van der Waals surface area contributed by atoms with Gasteiger partial charge in [-0.2, -0.15) is 0 Å². The minimum absolute atomic E-state index is 0.0135. The van der Waals surface area contributed by atoms with Crippen LogP contribution in [0.2, 0.25) is 0 Å². The molecule has 0 unspecified atom stereocenters. The molecule has 0 aliphatic heterocycles. The van der Waals surface area contributed by atoms with Crippen LogP contribution in [0.1, 0.15) is 11.3 Å². The van der Waals surface area contributed by atoms with Gasteiger partial charge in [0.1, 0.15) is 5.75 Å². The Balaban J connectivity index is 2.22. The molecule has 0 saturated heterocycles. The Morgan fingerprint density at radius 1 is 1.45 bits per heavy atom. The predicted octanol–water partition coefficient (Wildman–Crippen LogP) is 2.02. The molecule has 20 heavy (non-hydrogen) atoms. The van der Waals surface area contributed by atoms with E-state index in [2.05, 4.69) is 10.3 Å². The van der Waals surface area contributed by atoms with Crippen LogP contribution in [0.3, 0.4) is 0 Å². The van der Waals surface area contributed by atoms with E-state index in [-0.39, 0.29) is 5.69 Å². The zero-order chi connectivity index (χ0) is 14.5. The molecule has 0 N–H and O–H groups in total. The molecule has 106 valence electrons. The van der Waals surface area contributed by atoms with Gasteiger partial charge in [0.25, 0.3) is 5.69 Å². The third-order valence-electron chi connectivity index (χ3n) is 2.68. The smallest absolute Gasteiger partial charge is 0.273 e. The molecular weight excluding hydrogens is 284 g/mol. The highest BCUT2D eigenvalue weighted by Gasteiger charge is 2.11. The predicted molar refractivity (Wildman–Crippen MR) is 73.2 cm³/mol. The van der Waals surface area contributed by atoms with Gasteiger partial charge in [-0.15, -0.1) is 16.7 Å². The van der Waals surface area contributed by atoms with Crippen LogP contribution in [0.25, 0.3) is 0 Å². The highest BCUT2D eigenvalue weighted by Crippen LogP contribution is 2.23. The summed E-state index contributed by atoms with van der Waals surface area (Å²) < 4.78 is 6.67. The molecule has 1 aromatic heterocycles. The Morgan fingerprint density at radius 2 is 2.25 bits per heavy atom. The minimum Gasteiger partial charge on any atom is -0.496 e. The van der Waals surface area contributed by atoms with Gasteiger partial charge in [0.05, 0.1) is 30.3 Å². The Morgan fingerprint density at radius 3 is 2.90 bits per heavy atom. The summed E-state index contributed by atoms with van der Waals surface area (Å²) in [6.07, 6.45) is 2.41. The summed E-state index contributed by atoms with van der Waals surface area (Å²) in [4.78, 5) is 10.4. The summed E-state index contributed by atoms with van der Waals surface area (Å²) in [5.41, 5.74) is 1.50. The highest BCUT2D eigenvalue weighted by atomic mass is 35.5. The van der Waals surface area contributed by atoms with Gasteiger partial charge in [-0.25, -0.2) is 4.68 Å². The number of benzene rings is 1. The van der Waals surface area contributed by atoms with Gasteiger partial charge in [-0.3, -0.25) is 10.1 Å². The lowest BCUT2D eigenvalue weighted by molar-refractivity contribution is -0.385. The number of hydrogen-bond donors (Lipinski definition) is 0. The van der Waals surface area contributed by atoms with Gasteiger partial charge >= 0.3 is 0 Å². The molecule has 1 heterocycles. The van der Waals surface area contributed by atoms with Crippen LogP contribution in [-0.4, -0.2) is 32.9 Å². The first-order valence-corrected chi connectivity index (χ1v) is 6.43. The molecular formula is C12H13ClN4O3. The average Bonchev–Trinajstić information content (AvgIpc) is 2.86. The molecule has 0 fully saturated rings. The van der Waals surface area contributed by atoms with Gasteiger partial charge in [-0.05, 0) is 11.6 Å². The number of halogens is 1. The van der Waals surface area contributed by atoms with Crippen molar-refractivity contribution in [2.45, 2.75) is 13.0 Å². The van der Waals surface area contributed by atoms with E-state index in [0.29, 0.717) is 24.6 Å². The molecule has 2 rings (SSSR count). The number of methoxy groups -OCH3 is 1. The second-order valence-corrected chi connectivity index (χ2v) is 4.52. The Hall–Kier alpha value is -2.15. The number of hydrogen-bond acceptors (Lipinski definition) is 5. The Labute approximate surface area is 120 Å². The summed E-state index contributed by atoms with van der Waals surface area (Å²) in [6, 6.07) is 4.60. The van der Waals surface area contributed by atoms with Gasteiger partial charge in [0, 0.05) is 24.6 Å². The van der Waals surface area contributed by atoms with Crippen LogP contribution in [0.15, 0.2) is 24.4 Å². The maximum atomic E-state index is 10.9. The fourth-order valence-electron chi connectivity index (χ4n) is 1.77. The molecule has 0 amide bonds. The number of ether oxygens (including phenoxy) is 1. The first kappa shape index (κ1) is 14.3. The van der Waals surface area contributed by atoms with Crippen LogP contribution >= 0.6 is 11.6 Å². The standard InChI is InChI=1S/C12H13ClN4O3/c1-20-12-5-9(4-11(6-12)17(18)19)7-16-8-10(2-3-13)14-15-16/h4-6,8H,2-3,7H2,1H3. The van der Waals surface area contributed by atoms with Gasteiger partial charge in [-0.1, -0.05) is 5.21 Å². The van der Waals surface area contributed by atoms with Crippen molar-refractivity contribution in [2.24, 2.45) is 0 Å². The average molecular weight is 297 g/mol.